The summed E-state index contributed by atoms with van der Waals surface area (Å²) < 4.78 is 5.51. The minimum absolute atomic E-state index is 0.0249. The Morgan fingerprint density at radius 1 is 1.07 bits per heavy atom. The number of hydrazone groups is 1. The summed E-state index contributed by atoms with van der Waals surface area (Å²) in [5, 5.41) is 9.32. The zero-order valence-electron chi connectivity index (χ0n) is 17.3. The molecule has 0 unspecified atom stereocenters. The van der Waals surface area contributed by atoms with Gasteiger partial charge in [-0.25, -0.2) is 5.43 Å². The van der Waals surface area contributed by atoms with Crippen LogP contribution in [0.5, 0.6) is 5.75 Å². The smallest absolute Gasteiger partial charge is 0.329 e. The van der Waals surface area contributed by atoms with Gasteiger partial charge in [-0.15, -0.1) is 0 Å². The quantitative estimate of drug-likeness (QED) is 0.383. The van der Waals surface area contributed by atoms with Gasteiger partial charge in [0, 0.05) is 11.6 Å². The molecule has 3 N–H and O–H groups in total. The fourth-order valence-corrected chi connectivity index (χ4v) is 2.93. The first-order valence-electron chi connectivity index (χ1n) is 9.91. The maximum atomic E-state index is 12.0. The molecule has 0 atom stereocenters. The van der Waals surface area contributed by atoms with Gasteiger partial charge in [0.2, 0.25) is 0 Å². The molecule has 0 bridgehead atoms. The van der Waals surface area contributed by atoms with Crippen molar-refractivity contribution in [2.24, 2.45) is 5.10 Å². The summed E-state index contributed by atoms with van der Waals surface area (Å²) in [5.74, 6) is -1.13. The number of hydrogen-bond donors (Lipinski definition) is 3. The lowest BCUT2D eigenvalue weighted by Gasteiger charge is -2.22. The van der Waals surface area contributed by atoms with E-state index in [1.54, 1.807) is 45.0 Å². The molecule has 2 rings (SSSR count). The molecular weight excluding hydrogens is 372 g/mol. The Bertz CT molecular complexity index is 732. The van der Waals surface area contributed by atoms with E-state index in [9.17, 15) is 14.4 Å². The van der Waals surface area contributed by atoms with E-state index >= 15 is 0 Å². The number of hydrogen-bond acceptors (Lipinski definition) is 5. The van der Waals surface area contributed by atoms with Crippen LogP contribution >= 0.6 is 0 Å². The molecule has 1 aromatic carbocycles. The maximum absolute atomic E-state index is 12.0. The summed E-state index contributed by atoms with van der Waals surface area (Å²) in [6.45, 7) is 5.32. The van der Waals surface area contributed by atoms with E-state index in [2.05, 4.69) is 21.2 Å². The molecule has 8 nitrogen and oxygen atoms in total. The molecule has 1 saturated carbocycles. The molecule has 0 saturated heterocycles. The maximum Gasteiger partial charge on any atom is 0.329 e. The SMILES string of the molecule is CC(C)(C)NC(=O)C(=O)N/N=C\c1ccc(OCC(=O)NC2CCCCC2)cc1. The molecule has 1 aliphatic rings. The van der Waals surface area contributed by atoms with Gasteiger partial charge >= 0.3 is 11.8 Å². The van der Waals surface area contributed by atoms with Crippen molar-refractivity contribution in [3.05, 3.63) is 29.8 Å². The first kappa shape index (κ1) is 22.4. The second kappa shape index (κ2) is 10.6. The number of ether oxygens (including phenoxy) is 1. The standard InChI is InChI=1S/C21H30N4O4/c1-21(2,3)24-19(27)20(28)25-22-13-15-9-11-17(12-10-15)29-14-18(26)23-16-7-5-4-6-8-16/h9-13,16H,4-8,14H2,1-3H3,(H,23,26)(H,24,27)(H,25,28)/b22-13-. The van der Waals surface area contributed by atoms with Crippen LogP contribution in [0.1, 0.15) is 58.4 Å². The fourth-order valence-electron chi connectivity index (χ4n) is 2.93. The summed E-state index contributed by atoms with van der Waals surface area (Å²) in [7, 11) is 0. The molecule has 29 heavy (non-hydrogen) atoms. The van der Waals surface area contributed by atoms with Gasteiger partial charge in [0.25, 0.3) is 5.91 Å². The third-order valence-corrected chi connectivity index (χ3v) is 4.29. The van der Waals surface area contributed by atoms with E-state index in [1.165, 1.54) is 12.6 Å². The first-order chi connectivity index (χ1) is 13.7. The van der Waals surface area contributed by atoms with E-state index in [0.29, 0.717) is 11.3 Å². The Balaban J connectivity index is 1.73. The van der Waals surface area contributed by atoms with Gasteiger partial charge in [0.05, 0.1) is 6.21 Å². The Hall–Kier alpha value is -2.90. The Labute approximate surface area is 171 Å². The highest BCUT2D eigenvalue weighted by molar-refractivity contribution is 6.35. The van der Waals surface area contributed by atoms with E-state index in [4.69, 9.17) is 4.74 Å². The monoisotopic (exact) mass is 402 g/mol. The van der Waals surface area contributed by atoms with Crippen molar-refractivity contribution in [2.75, 3.05) is 6.61 Å². The van der Waals surface area contributed by atoms with Crippen LogP contribution in [-0.4, -0.2) is 42.1 Å². The third-order valence-electron chi connectivity index (χ3n) is 4.29. The van der Waals surface area contributed by atoms with Crippen LogP contribution in [0.4, 0.5) is 0 Å². The zero-order chi connectivity index (χ0) is 21.3. The van der Waals surface area contributed by atoms with Gasteiger partial charge in [-0.2, -0.15) is 5.10 Å². The molecule has 158 valence electrons. The Morgan fingerprint density at radius 2 is 1.72 bits per heavy atom. The number of carbonyl (C=O) groups excluding carboxylic acids is 3. The van der Waals surface area contributed by atoms with Crippen molar-refractivity contribution in [3.63, 3.8) is 0 Å². The van der Waals surface area contributed by atoms with Gasteiger partial charge in [-0.1, -0.05) is 19.3 Å². The number of carbonyl (C=O) groups is 3. The van der Waals surface area contributed by atoms with E-state index in [0.717, 1.165) is 25.7 Å². The minimum Gasteiger partial charge on any atom is -0.484 e. The predicted molar refractivity (Wildman–Crippen MR) is 111 cm³/mol. The van der Waals surface area contributed by atoms with E-state index < -0.39 is 17.4 Å². The second-order valence-corrected chi connectivity index (χ2v) is 8.16. The summed E-state index contributed by atoms with van der Waals surface area (Å²) in [4.78, 5) is 35.3. The van der Waals surface area contributed by atoms with Gasteiger partial charge in [0.15, 0.2) is 6.61 Å². The molecule has 1 aromatic rings. The lowest BCUT2D eigenvalue weighted by Crippen LogP contribution is -2.47. The summed E-state index contributed by atoms with van der Waals surface area (Å²) >= 11 is 0. The van der Waals surface area contributed by atoms with Crippen LogP contribution in [-0.2, 0) is 14.4 Å². The van der Waals surface area contributed by atoms with Crippen molar-refractivity contribution in [1.82, 2.24) is 16.1 Å². The number of amides is 3. The highest BCUT2D eigenvalue weighted by Crippen LogP contribution is 2.17. The molecule has 8 heteroatoms. The van der Waals surface area contributed by atoms with Crippen molar-refractivity contribution in [3.8, 4) is 5.75 Å². The van der Waals surface area contributed by atoms with Gasteiger partial charge in [-0.3, -0.25) is 14.4 Å². The van der Waals surface area contributed by atoms with Gasteiger partial charge < -0.3 is 15.4 Å². The molecular formula is C21H30N4O4. The molecule has 0 radical (unpaired) electrons. The molecule has 1 aliphatic carbocycles. The largest absolute Gasteiger partial charge is 0.484 e. The highest BCUT2D eigenvalue weighted by Gasteiger charge is 2.19. The van der Waals surface area contributed by atoms with Gasteiger partial charge in [0.1, 0.15) is 5.75 Å². The zero-order valence-corrected chi connectivity index (χ0v) is 17.3. The van der Waals surface area contributed by atoms with Crippen LogP contribution < -0.4 is 20.8 Å². The second-order valence-electron chi connectivity index (χ2n) is 8.16. The van der Waals surface area contributed by atoms with Crippen LogP contribution in [0.2, 0.25) is 0 Å². The highest BCUT2D eigenvalue weighted by atomic mass is 16.5. The summed E-state index contributed by atoms with van der Waals surface area (Å²) in [5.41, 5.74) is 2.39. The Morgan fingerprint density at radius 3 is 2.34 bits per heavy atom. The van der Waals surface area contributed by atoms with Crippen molar-refractivity contribution >= 4 is 23.9 Å². The minimum atomic E-state index is -0.833. The average Bonchev–Trinajstić information content (AvgIpc) is 2.67. The number of rotatable bonds is 6. The number of nitrogens with zero attached hydrogens (tertiary/aromatic N) is 1. The molecule has 1 fully saturated rings. The molecule has 3 amide bonds. The van der Waals surface area contributed by atoms with Crippen molar-refractivity contribution < 1.29 is 19.1 Å². The van der Waals surface area contributed by atoms with Crippen molar-refractivity contribution in [1.29, 1.82) is 0 Å². The molecule has 0 aliphatic heterocycles. The topological polar surface area (TPSA) is 109 Å². The van der Waals surface area contributed by atoms with E-state index in [1.807, 2.05) is 0 Å². The van der Waals surface area contributed by atoms with Gasteiger partial charge in [-0.05, 0) is 63.4 Å². The molecule has 0 aromatic heterocycles. The lowest BCUT2D eigenvalue weighted by atomic mass is 9.95. The molecule has 0 heterocycles. The van der Waals surface area contributed by atoms with E-state index in [-0.39, 0.29) is 18.6 Å². The normalized spacial score (nSPS) is 15.0. The van der Waals surface area contributed by atoms with Crippen LogP contribution in [0, 0.1) is 0 Å². The predicted octanol–water partition coefficient (Wildman–Crippen LogP) is 1.88. The van der Waals surface area contributed by atoms with Crippen molar-refractivity contribution in [2.45, 2.75) is 64.5 Å². The summed E-state index contributed by atoms with van der Waals surface area (Å²) in [6, 6.07) is 7.16. The average molecular weight is 402 g/mol. The third kappa shape index (κ3) is 8.76. The van der Waals surface area contributed by atoms with Crippen LogP contribution in [0.3, 0.4) is 0 Å². The number of benzene rings is 1. The van der Waals surface area contributed by atoms with Crippen LogP contribution in [0.15, 0.2) is 29.4 Å². The molecule has 0 spiro atoms. The Kier molecular flexibility index (Phi) is 8.18. The summed E-state index contributed by atoms with van der Waals surface area (Å²) in [6.07, 6.45) is 7.06. The lowest BCUT2D eigenvalue weighted by molar-refractivity contribution is -0.140. The first-order valence-corrected chi connectivity index (χ1v) is 9.91. The fraction of sp³-hybridized carbons (Fsp3) is 0.524. The number of nitrogens with one attached hydrogen (secondary N) is 3. The van der Waals surface area contributed by atoms with Crippen LogP contribution in [0.25, 0.3) is 0 Å².